The van der Waals surface area contributed by atoms with Crippen LogP contribution in [-0.2, 0) is 112 Å². The minimum Gasteiger partial charge on any atom is -0.502 e. The smallest absolute Gasteiger partial charge is 0.0172 e. The number of anilines is 2. The first-order chi connectivity index (χ1) is 21.0. The van der Waals surface area contributed by atoms with Crippen LogP contribution in [0.1, 0.15) is 13.8 Å². The van der Waals surface area contributed by atoms with E-state index in [0.717, 1.165) is 13.1 Å². The number of hydrogen-bond donors (Lipinski definition) is 0. The first-order valence-corrected chi connectivity index (χ1v) is 20.4. The number of nitrogens with zero attached hydrogens (tertiary/aromatic N) is 2. The summed E-state index contributed by atoms with van der Waals surface area (Å²) in [4.78, 5) is 4.83. The van der Waals surface area contributed by atoms with Gasteiger partial charge in [-0.15, -0.1) is 0 Å². The molecule has 0 saturated carbocycles. The molecule has 6 aromatic carbocycles. The molecule has 9 heteroatoms. The second-order valence-corrected chi connectivity index (χ2v) is 16.2. The fourth-order valence-corrected chi connectivity index (χ4v) is 6.91. The van der Waals surface area contributed by atoms with Crippen LogP contribution >= 0.6 is 28.6 Å². The van der Waals surface area contributed by atoms with Crippen LogP contribution in [-0.4, -0.2) is 17.7 Å². The van der Waals surface area contributed by atoms with E-state index >= 15 is 0 Å². The summed E-state index contributed by atoms with van der Waals surface area (Å²) in [6.07, 6.45) is 1.96. The number of fused-ring (bicyclic) bond motifs is 6. The van der Waals surface area contributed by atoms with Crippen LogP contribution in [0.4, 0.5) is 11.4 Å². The average molecular weight is 977 g/mol. The van der Waals surface area contributed by atoms with Crippen LogP contribution in [0.3, 0.4) is 0 Å². The van der Waals surface area contributed by atoms with Crippen LogP contribution in [0.25, 0.3) is 43.1 Å². The van der Waals surface area contributed by atoms with E-state index in [0.29, 0.717) is 0 Å². The SMILES string of the molecule is CC(C)=C[CH]=[Ru]([Cl])[Cl].[CH2-]P.[Y].[Y].[Y].c1ccc2c(c1)ccc1cccc(N3[CH-]N(c4cccc5ccc6ccccc6c45)CC3)c12. The van der Waals surface area contributed by atoms with E-state index in [1.165, 1.54) is 60.0 Å². The fraction of sp³-hybridized carbons (Fsp3) is 0.108. The molecule has 1 heterocycles. The third-order valence-electron chi connectivity index (χ3n) is 7.46. The maximum Gasteiger partial charge on any atom is 0.0172 e. The van der Waals surface area contributed by atoms with E-state index in [9.17, 15) is 0 Å². The molecular weight excluding hydrogens is 942 g/mol. The number of benzene rings is 6. The van der Waals surface area contributed by atoms with Gasteiger partial charge in [0.15, 0.2) is 0 Å². The molecule has 231 valence electrons. The zero-order chi connectivity index (χ0) is 30.3. The first kappa shape index (κ1) is 42.7. The van der Waals surface area contributed by atoms with E-state index in [4.69, 9.17) is 19.4 Å². The summed E-state index contributed by atoms with van der Waals surface area (Å²) in [5.74, 6) is 0. The Bertz CT molecular complexity index is 1820. The van der Waals surface area contributed by atoms with Gasteiger partial charge < -0.3 is 25.7 Å². The Balaban J connectivity index is 0.000000502. The number of rotatable bonds is 3. The summed E-state index contributed by atoms with van der Waals surface area (Å²) in [5, 5.41) is 10.4. The molecule has 1 atom stereocenters. The molecule has 0 bridgehead atoms. The Morgan fingerprint density at radius 3 is 1.41 bits per heavy atom. The summed E-state index contributed by atoms with van der Waals surface area (Å²) in [6.45, 7) is 11.4. The molecule has 1 aliphatic rings. The Kier molecular flexibility index (Phi) is 19.5. The third-order valence-corrected chi connectivity index (χ3v) is 9.24. The van der Waals surface area contributed by atoms with E-state index in [1.54, 1.807) is 0 Å². The zero-order valence-corrected chi connectivity index (χ0v) is 39.0. The Hall–Kier alpha value is 0.515. The maximum absolute atomic E-state index is 5.53. The van der Waals surface area contributed by atoms with Crippen LogP contribution in [0.5, 0.6) is 0 Å². The second-order valence-electron chi connectivity index (χ2n) is 10.4. The van der Waals surface area contributed by atoms with Gasteiger partial charge in [-0.3, -0.25) is 0 Å². The average Bonchev–Trinajstić information content (AvgIpc) is 3.54. The number of halogens is 2. The molecule has 0 spiro atoms. The van der Waals surface area contributed by atoms with Gasteiger partial charge in [0.05, 0.1) is 0 Å². The Morgan fingerprint density at radius 2 is 1.02 bits per heavy atom. The molecule has 0 aromatic heterocycles. The molecule has 1 unspecified atom stereocenters. The van der Waals surface area contributed by atoms with Gasteiger partial charge in [0.25, 0.3) is 0 Å². The van der Waals surface area contributed by atoms with Crippen LogP contribution in [0.2, 0.25) is 0 Å². The molecule has 1 aliphatic heterocycles. The molecule has 0 amide bonds. The van der Waals surface area contributed by atoms with Gasteiger partial charge in [0.1, 0.15) is 0 Å². The third kappa shape index (κ3) is 10.3. The quantitative estimate of drug-likeness (QED) is 0.0755. The minimum absolute atomic E-state index is 0. The van der Waals surface area contributed by atoms with Crippen molar-refractivity contribution < 1.29 is 112 Å². The van der Waals surface area contributed by atoms with Crippen LogP contribution < -0.4 is 9.80 Å². The van der Waals surface area contributed by atoms with Crippen molar-refractivity contribution in [3.63, 3.8) is 0 Å². The summed E-state index contributed by atoms with van der Waals surface area (Å²) in [5.41, 5.74) is 3.79. The molecule has 3 radical (unpaired) electrons. The number of hydrogen-bond acceptors (Lipinski definition) is 2. The van der Waals surface area contributed by atoms with Gasteiger partial charge in [-0.25, -0.2) is 0 Å². The molecule has 0 N–H and O–H groups in total. The van der Waals surface area contributed by atoms with E-state index in [1.807, 2.05) is 24.5 Å². The monoisotopic (exact) mass is 977 g/mol. The van der Waals surface area contributed by atoms with Crippen molar-refractivity contribution in [2.45, 2.75) is 13.8 Å². The van der Waals surface area contributed by atoms with Gasteiger partial charge in [-0.05, 0) is 44.5 Å². The normalized spacial score (nSPS) is 12.1. The molecule has 0 aliphatic carbocycles. The van der Waals surface area contributed by atoms with Crippen molar-refractivity contribution in [1.82, 2.24) is 0 Å². The van der Waals surface area contributed by atoms with Gasteiger partial charge in [0.2, 0.25) is 0 Å². The molecular formula is C37H35Cl2N2PRuY3-2. The van der Waals surface area contributed by atoms with Crippen molar-refractivity contribution in [3.8, 4) is 0 Å². The fourth-order valence-electron chi connectivity index (χ4n) is 5.58. The molecule has 1 saturated heterocycles. The minimum atomic E-state index is -1.52. The van der Waals surface area contributed by atoms with E-state index < -0.39 is 13.5 Å². The largest absolute Gasteiger partial charge is 0.502 e. The van der Waals surface area contributed by atoms with Gasteiger partial charge in [0, 0.05) is 133 Å². The van der Waals surface area contributed by atoms with Crippen molar-refractivity contribution in [3.05, 3.63) is 134 Å². The summed E-state index contributed by atoms with van der Waals surface area (Å²) in [7, 11) is 13.2. The molecule has 46 heavy (non-hydrogen) atoms. The molecule has 6 aromatic rings. The van der Waals surface area contributed by atoms with E-state index in [2.05, 4.69) is 142 Å². The van der Waals surface area contributed by atoms with Gasteiger partial charge in [-0.1, -0.05) is 97.1 Å². The topological polar surface area (TPSA) is 6.48 Å². The zero-order valence-electron chi connectivity index (χ0n) is 26.1. The predicted octanol–water partition coefficient (Wildman–Crippen LogP) is 11.1. The molecule has 1 fully saturated rings. The van der Waals surface area contributed by atoms with Crippen molar-refractivity contribution in [2.75, 3.05) is 22.9 Å². The van der Waals surface area contributed by atoms with Crippen LogP contribution in [0.15, 0.2) is 121 Å². The van der Waals surface area contributed by atoms with Gasteiger partial charge >= 0.3 is 63.0 Å². The molecule has 2 nitrogen and oxygen atoms in total. The first-order valence-electron chi connectivity index (χ1n) is 14.1. The second kappa shape index (κ2) is 21.0. The maximum atomic E-state index is 5.53. The van der Waals surface area contributed by atoms with Crippen molar-refractivity contribution >= 4 is 87.7 Å². The molecule has 7 rings (SSSR count). The predicted molar refractivity (Wildman–Crippen MR) is 194 cm³/mol. The Labute approximate surface area is 364 Å². The summed E-state index contributed by atoms with van der Waals surface area (Å²) < 4.78 is 1.88. The summed E-state index contributed by atoms with van der Waals surface area (Å²) in [6, 6.07) is 39.6. The van der Waals surface area contributed by atoms with Crippen LogP contribution in [0, 0.1) is 13.3 Å². The van der Waals surface area contributed by atoms with Gasteiger partial charge in [-0.2, -0.15) is 6.67 Å². The van der Waals surface area contributed by atoms with E-state index in [-0.39, 0.29) is 98.1 Å². The summed E-state index contributed by atoms with van der Waals surface area (Å²) >= 11 is -1.52. The number of allylic oxidation sites excluding steroid dienone is 2. The van der Waals surface area contributed by atoms with Crippen molar-refractivity contribution in [2.24, 2.45) is 0 Å². The Morgan fingerprint density at radius 1 is 0.630 bits per heavy atom. The standard InChI is InChI=1S/C31H23N2.C5H8.CH4P.2ClH.Ru.3Y/c1-3-11-26-22(7-1)15-17-24-9-5-13-28(30(24)26)32-19-20-33(21-32)29-14-6-10-25-18-16-23-8-2-4-12-27(23)31(25)29;1-4-5(2)3;1-2;;;;;;/h1-18,21H,19-20H2;1,4H,2-3H3;1-2H2;2*1H;;;;/q-1;;-1;;;+2;;;/p-2. The van der Waals surface area contributed by atoms with Crippen molar-refractivity contribution in [1.29, 1.82) is 0 Å².